The van der Waals surface area contributed by atoms with Gasteiger partial charge in [-0.3, -0.25) is 0 Å². The molecule has 0 saturated heterocycles. The second kappa shape index (κ2) is 10.3. The number of amidine groups is 2. The van der Waals surface area contributed by atoms with Crippen molar-refractivity contribution in [3.05, 3.63) is 168 Å². The molecule has 45 heavy (non-hydrogen) atoms. The van der Waals surface area contributed by atoms with Crippen molar-refractivity contribution in [3.8, 4) is 11.1 Å². The van der Waals surface area contributed by atoms with Crippen LogP contribution in [-0.4, -0.2) is 11.7 Å². The zero-order valence-corrected chi connectivity index (χ0v) is 24.3. The van der Waals surface area contributed by atoms with Crippen LogP contribution in [0.25, 0.3) is 54.6 Å². The van der Waals surface area contributed by atoms with E-state index >= 15 is 0 Å². The van der Waals surface area contributed by atoms with E-state index in [1.807, 2.05) is 36.4 Å². The van der Waals surface area contributed by atoms with E-state index in [1.54, 1.807) is 0 Å². The smallest absolute Gasteiger partial charge is 0.169 e. The van der Waals surface area contributed by atoms with E-state index in [9.17, 15) is 0 Å². The fraction of sp³-hybridized carbons (Fsp3) is 0.0244. The zero-order valence-electron chi connectivity index (χ0n) is 24.3. The molecule has 8 aromatic rings. The molecule has 9 rings (SSSR count). The van der Waals surface area contributed by atoms with Crippen molar-refractivity contribution in [1.82, 2.24) is 5.32 Å². The third kappa shape index (κ3) is 4.38. The lowest BCUT2D eigenvalue weighted by Gasteiger charge is -2.22. The first-order valence-electron chi connectivity index (χ1n) is 15.2. The molecule has 4 nitrogen and oxygen atoms in total. The van der Waals surface area contributed by atoms with Gasteiger partial charge >= 0.3 is 0 Å². The van der Waals surface area contributed by atoms with Gasteiger partial charge in [-0.15, -0.1) is 0 Å². The normalized spacial score (nSPS) is 13.7. The van der Waals surface area contributed by atoms with E-state index in [0.29, 0.717) is 0 Å². The highest BCUT2D eigenvalue weighted by Crippen LogP contribution is 2.38. The zero-order chi connectivity index (χ0) is 29.7. The number of nitrogens with one attached hydrogen (secondary N) is 1. The summed E-state index contributed by atoms with van der Waals surface area (Å²) in [5.74, 6) is 1.60. The largest absolute Gasteiger partial charge is 0.456 e. The maximum absolute atomic E-state index is 6.56. The van der Waals surface area contributed by atoms with Gasteiger partial charge in [0.15, 0.2) is 6.17 Å². The molecule has 1 aliphatic heterocycles. The number of fused-ring (bicyclic) bond motifs is 6. The molecular formula is C41H27N3O. The van der Waals surface area contributed by atoms with Crippen LogP contribution < -0.4 is 5.32 Å². The SMILES string of the molecule is c1ccc(C2=NC(c3ccc4c(c3)oc3cc(-c5cc6ccccc6c6ccccc56)ccc34)N=C(c3ccccc3)N2)cc1. The molecule has 0 unspecified atom stereocenters. The second-order valence-corrected chi connectivity index (χ2v) is 11.4. The van der Waals surface area contributed by atoms with Crippen molar-refractivity contribution in [2.45, 2.75) is 6.17 Å². The number of furan rings is 1. The van der Waals surface area contributed by atoms with Crippen LogP contribution in [0.1, 0.15) is 22.9 Å². The molecule has 7 aromatic carbocycles. The van der Waals surface area contributed by atoms with E-state index in [2.05, 4.69) is 121 Å². The summed E-state index contributed by atoms with van der Waals surface area (Å²) in [5, 5.41) is 10.6. The molecule has 2 heterocycles. The van der Waals surface area contributed by atoms with Crippen LogP contribution in [0.3, 0.4) is 0 Å². The molecule has 1 N–H and O–H groups in total. The maximum Gasteiger partial charge on any atom is 0.169 e. The van der Waals surface area contributed by atoms with E-state index < -0.39 is 6.17 Å². The van der Waals surface area contributed by atoms with Gasteiger partial charge in [-0.1, -0.05) is 127 Å². The summed E-state index contributed by atoms with van der Waals surface area (Å²) in [7, 11) is 0. The van der Waals surface area contributed by atoms with Crippen LogP contribution in [0, 0.1) is 0 Å². The van der Waals surface area contributed by atoms with Crippen LogP contribution in [0.15, 0.2) is 166 Å². The summed E-state index contributed by atoms with van der Waals surface area (Å²) in [5.41, 5.74) is 7.04. The fourth-order valence-corrected chi connectivity index (χ4v) is 6.50. The quantitative estimate of drug-likeness (QED) is 0.212. The minimum atomic E-state index is -0.409. The number of rotatable bonds is 4. The average molecular weight is 578 g/mol. The Morgan fingerprint density at radius 1 is 0.444 bits per heavy atom. The number of hydrogen-bond donors (Lipinski definition) is 1. The minimum absolute atomic E-state index is 0.409. The Balaban J connectivity index is 1.16. The first-order valence-corrected chi connectivity index (χ1v) is 15.2. The molecule has 4 heteroatoms. The van der Waals surface area contributed by atoms with Crippen LogP contribution in [0.2, 0.25) is 0 Å². The highest BCUT2D eigenvalue weighted by atomic mass is 16.3. The third-order valence-corrected chi connectivity index (χ3v) is 8.71. The summed E-state index contributed by atoms with van der Waals surface area (Å²) in [4.78, 5) is 10.1. The van der Waals surface area contributed by atoms with Gasteiger partial charge in [0.2, 0.25) is 0 Å². The lowest BCUT2D eigenvalue weighted by Crippen LogP contribution is -2.35. The molecule has 1 aromatic heterocycles. The Labute approximate surface area is 260 Å². The molecule has 212 valence electrons. The van der Waals surface area contributed by atoms with Crippen molar-refractivity contribution in [1.29, 1.82) is 0 Å². The van der Waals surface area contributed by atoms with Gasteiger partial charge in [0.25, 0.3) is 0 Å². The predicted molar refractivity (Wildman–Crippen MR) is 186 cm³/mol. The average Bonchev–Trinajstić information content (AvgIpc) is 3.49. The number of nitrogens with zero attached hydrogens (tertiary/aromatic N) is 2. The summed E-state index contributed by atoms with van der Waals surface area (Å²) in [6.07, 6.45) is -0.409. The lowest BCUT2D eigenvalue weighted by atomic mass is 9.93. The molecule has 0 aliphatic carbocycles. The van der Waals surface area contributed by atoms with E-state index in [1.165, 1.54) is 27.1 Å². The van der Waals surface area contributed by atoms with Crippen LogP contribution in [0.5, 0.6) is 0 Å². The number of aliphatic imine (C=N–C) groups is 2. The maximum atomic E-state index is 6.56. The van der Waals surface area contributed by atoms with Crippen molar-refractivity contribution in [2.24, 2.45) is 9.98 Å². The number of benzene rings is 7. The van der Waals surface area contributed by atoms with Crippen molar-refractivity contribution in [2.75, 3.05) is 0 Å². The van der Waals surface area contributed by atoms with E-state index in [-0.39, 0.29) is 0 Å². The molecule has 0 bridgehead atoms. The molecular weight excluding hydrogens is 550 g/mol. The Hall–Kier alpha value is -6.00. The first kappa shape index (κ1) is 25.5. The topological polar surface area (TPSA) is 49.9 Å². The van der Waals surface area contributed by atoms with Crippen molar-refractivity contribution < 1.29 is 4.42 Å². The standard InChI is InChI=1S/C41H27N3O/c1-3-11-26(12-4-1)39-42-40(27-13-5-2-6-14-27)44-41(43-39)30-20-22-35-34-21-19-29(24-37(34)45-38(35)25-30)36-23-28-15-7-8-16-31(28)32-17-9-10-18-33(32)36/h1-25,41H,(H,42,43,44). The van der Waals surface area contributed by atoms with Gasteiger partial charge in [-0.25, -0.2) is 9.98 Å². The fourth-order valence-electron chi connectivity index (χ4n) is 6.50. The van der Waals surface area contributed by atoms with E-state index in [4.69, 9.17) is 14.4 Å². The molecule has 0 amide bonds. The monoisotopic (exact) mass is 577 g/mol. The first-order chi connectivity index (χ1) is 22.3. The van der Waals surface area contributed by atoms with Gasteiger partial charge in [0, 0.05) is 27.5 Å². The Bertz CT molecular complexity index is 2400. The van der Waals surface area contributed by atoms with E-state index in [0.717, 1.165) is 55.9 Å². The van der Waals surface area contributed by atoms with Crippen LogP contribution >= 0.6 is 0 Å². The molecule has 0 spiro atoms. The van der Waals surface area contributed by atoms with Gasteiger partial charge in [0.1, 0.15) is 22.8 Å². The second-order valence-electron chi connectivity index (χ2n) is 11.4. The van der Waals surface area contributed by atoms with Crippen LogP contribution in [-0.2, 0) is 0 Å². The van der Waals surface area contributed by atoms with Gasteiger partial charge in [-0.2, -0.15) is 0 Å². The lowest BCUT2D eigenvalue weighted by molar-refractivity contribution is 0.666. The van der Waals surface area contributed by atoms with Crippen LogP contribution in [0.4, 0.5) is 0 Å². The summed E-state index contributed by atoms with van der Waals surface area (Å²) in [6, 6.07) is 52.8. The van der Waals surface area contributed by atoms with Gasteiger partial charge in [-0.05, 0) is 56.9 Å². The molecule has 0 radical (unpaired) electrons. The molecule has 0 fully saturated rings. The summed E-state index contributed by atoms with van der Waals surface area (Å²) in [6.45, 7) is 0. The Kier molecular flexibility index (Phi) is 5.85. The Morgan fingerprint density at radius 3 is 1.73 bits per heavy atom. The third-order valence-electron chi connectivity index (χ3n) is 8.71. The Morgan fingerprint density at radius 2 is 1.02 bits per heavy atom. The van der Waals surface area contributed by atoms with Gasteiger partial charge < -0.3 is 9.73 Å². The summed E-state index contributed by atoms with van der Waals surface area (Å²) >= 11 is 0. The number of hydrogen-bond acceptors (Lipinski definition) is 4. The highest BCUT2D eigenvalue weighted by Gasteiger charge is 2.22. The van der Waals surface area contributed by atoms with Gasteiger partial charge in [0.05, 0.1) is 0 Å². The summed E-state index contributed by atoms with van der Waals surface area (Å²) < 4.78 is 6.56. The van der Waals surface area contributed by atoms with Crippen molar-refractivity contribution >= 4 is 55.2 Å². The molecule has 0 atom stereocenters. The molecule has 0 saturated carbocycles. The predicted octanol–water partition coefficient (Wildman–Crippen LogP) is 10.1. The highest BCUT2D eigenvalue weighted by molar-refractivity contribution is 6.16. The molecule has 1 aliphatic rings. The van der Waals surface area contributed by atoms with Crippen molar-refractivity contribution in [3.63, 3.8) is 0 Å². The minimum Gasteiger partial charge on any atom is -0.456 e.